The van der Waals surface area contributed by atoms with Gasteiger partial charge in [-0.3, -0.25) is 0 Å². The zero-order chi connectivity index (χ0) is 10.3. The topological polar surface area (TPSA) is 33.4 Å². The maximum absolute atomic E-state index is 10.3. The van der Waals surface area contributed by atoms with Gasteiger partial charge in [-0.25, -0.2) is 0 Å². The first kappa shape index (κ1) is 9.78. The molecule has 1 saturated carbocycles. The Morgan fingerprint density at radius 1 is 1.57 bits per heavy atom. The van der Waals surface area contributed by atoms with E-state index < -0.39 is 5.60 Å². The predicted molar refractivity (Wildman–Crippen MR) is 55.1 cm³/mol. The average molecular weight is 194 g/mol. The third-order valence-corrected chi connectivity index (χ3v) is 3.22. The minimum atomic E-state index is -0.572. The first-order valence-electron chi connectivity index (χ1n) is 5.38. The van der Waals surface area contributed by atoms with Crippen LogP contribution < -0.4 is 0 Å². The van der Waals surface area contributed by atoms with Crippen molar-refractivity contribution in [3.05, 3.63) is 23.2 Å². The summed E-state index contributed by atoms with van der Waals surface area (Å²) in [6, 6.07) is 1.98. The molecule has 0 amide bonds. The fourth-order valence-electron chi connectivity index (χ4n) is 2.40. The van der Waals surface area contributed by atoms with Gasteiger partial charge in [0, 0.05) is 5.56 Å². The van der Waals surface area contributed by atoms with Gasteiger partial charge in [-0.15, -0.1) is 0 Å². The summed E-state index contributed by atoms with van der Waals surface area (Å²) in [6.07, 6.45) is 3.16. The molecule has 2 rings (SSSR count). The molecule has 1 aromatic rings. The van der Waals surface area contributed by atoms with Gasteiger partial charge in [0.05, 0.1) is 5.60 Å². The van der Waals surface area contributed by atoms with Crippen LogP contribution >= 0.6 is 0 Å². The van der Waals surface area contributed by atoms with Crippen LogP contribution in [0, 0.1) is 19.8 Å². The minimum Gasteiger partial charge on any atom is -0.466 e. The number of furan rings is 1. The van der Waals surface area contributed by atoms with Gasteiger partial charge in [-0.2, -0.15) is 0 Å². The van der Waals surface area contributed by atoms with E-state index in [1.807, 2.05) is 19.9 Å². The van der Waals surface area contributed by atoms with Gasteiger partial charge in [0.15, 0.2) is 0 Å². The molecule has 0 aliphatic heterocycles. The summed E-state index contributed by atoms with van der Waals surface area (Å²) in [5, 5.41) is 10.3. The molecule has 2 unspecified atom stereocenters. The highest BCUT2D eigenvalue weighted by Crippen LogP contribution is 2.55. The van der Waals surface area contributed by atoms with E-state index in [-0.39, 0.29) is 0 Å². The van der Waals surface area contributed by atoms with Crippen LogP contribution in [0.1, 0.15) is 43.3 Å². The third-order valence-electron chi connectivity index (χ3n) is 3.22. The lowest BCUT2D eigenvalue weighted by Gasteiger charge is -2.08. The van der Waals surface area contributed by atoms with Crippen LogP contribution in [0.5, 0.6) is 0 Å². The second kappa shape index (κ2) is 3.13. The van der Waals surface area contributed by atoms with Crippen LogP contribution in [0.2, 0.25) is 0 Å². The first-order chi connectivity index (χ1) is 6.58. The van der Waals surface area contributed by atoms with Crippen molar-refractivity contribution in [1.29, 1.82) is 0 Å². The van der Waals surface area contributed by atoms with Crippen molar-refractivity contribution >= 4 is 0 Å². The van der Waals surface area contributed by atoms with E-state index in [2.05, 4.69) is 6.92 Å². The predicted octanol–water partition coefficient (Wildman–Crippen LogP) is 2.90. The molecular weight excluding hydrogens is 176 g/mol. The Labute approximate surface area is 84.9 Å². The maximum atomic E-state index is 10.3. The van der Waals surface area contributed by atoms with Crippen molar-refractivity contribution in [2.45, 2.75) is 45.6 Å². The molecule has 1 aliphatic carbocycles. The molecular formula is C12H18O2. The Morgan fingerprint density at radius 2 is 2.29 bits per heavy atom. The highest BCUT2D eigenvalue weighted by Gasteiger charge is 2.54. The van der Waals surface area contributed by atoms with E-state index in [1.54, 1.807) is 0 Å². The Bertz CT molecular complexity index is 340. The van der Waals surface area contributed by atoms with Crippen LogP contribution in [-0.4, -0.2) is 5.11 Å². The van der Waals surface area contributed by atoms with Gasteiger partial charge in [0.25, 0.3) is 0 Å². The van der Waals surface area contributed by atoms with E-state index in [0.717, 1.165) is 36.3 Å². The van der Waals surface area contributed by atoms with Crippen LogP contribution in [0.25, 0.3) is 0 Å². The van der Waals surface area contributed by atoms with Crippen LogP contribution in [0.4, 0.5) is 0 Å². The van der Waals surface area contributed by atoms with Gasteiger partial charge < -0.3 is 9.52 Å². The van der Waals surface area contributed by atoms with Gasteiger partial charge in [-0.1, -0.05) is 13.3 Å². The highest BCUT2D eigenvalue weighted by molar-refractivity contribution is 5.33. The lowest BCUT2D eigenvalue weighted by atomic mass is 10.0. The van der Waals surface area contributed by atoms with Crippen molar-refractivity contribution in [2.75, 3.05) is 0 Å². The number of aliphatic hydroxyl groups is 1. The Hall–Kier alpha value is -0.760. The van der Waals surface area contributed by atoms with Crippen molar-refractivity contribution in [1.82, 2.24) is 0 Å². The summed E-state index contributed by atoms with van der Waals surface area (Å²) in [5.74, 6) is 2.22. The normalized spacial score (nSPS) is 30.7. The second-order valence-corrected chi connectivity index (χ2v) is 4.44. The van der Waals surface area contributed by atoms with Crippen LogP contribution in [-0.2, 0) is 5.60 Å². The molecule has 2 atom stereocenters. The Morgan fingerprint density at radius 3 is 2.79 bits per heavy atom. The maximum Gasteiger partial charge on any atom is 0.107 e. The summed E-state index contributed by atoms with van der Waals surface area (Å²) in [7, 11) is 0. The van der Waals surface area contributed by atoms with Gasteiger partial charge in [-0.05, 0) is 38.7 Å². The molecule has 1 fully saturated rings. The van der Waals surface area contributed by atoms with Gasteiger partial charge in [0.1, 0.15) is 11.5 Å². The third kappa shape index (κ3) is 1.38. The number of aryl methyl sites for hydroxylation is 2. The summed E-state index contributed by atoms with van der Waals surface area (Å²) >= 11 is 0. The first-order valence-corrected chi connectivity index (χ1v) is 5.38. The number of rotatable bonds is 3. The molecule has 0 spiro atoms. The van der Waals surface area contributed by atoms with E-state index in [1.165, 1.54) is 0 Å². The molecule has 1 aliphatic rings. The molecule has 1 N–H and O–H groups in total. The molecule has 0 saturated heterocycles. The van der Waals surface area contributed by atoms with E-state index >= 15 is 0 Å². The highest BCUT2D eigenvalue weighted by atomic mass is 16.3. The molecule has 0 radical (unpaired) electrons. The molecule has 2 heteroatoms. The Balaban J connectivity index is 2.20. The lowest BCUT2D eigenvalue weighted by molar-refractivity contribution is 0.127. The monoisotopic (exact) mass is 194 g/mol. The van der Waals surface area contributed by atoms with Crippen molar-refractivity contribution < 1.29 is 9.52 Å². The molecule has 2 nitrogen and oxygen atoms in total. The second-order valence-electron chi connectivity index (χ2n) is 4.44. The Kier molecular flexibility index (Phi) is 2.18. The van der Waals surface area contributed by atoms with Crippen molar-refractivity contribution in [3.8, 4) is 0 Å². The standard InChI is InChI=1S/C12H18O2/c1-4-5-10-7-12(10,13)11-6-8(2)14-9(11)3/h6,10,13H,4-5,7H2,1-3H3. The SMILES string of the molecule is CCCC1CC1(O)c1cc(C)oc1C. The smallest absolute Gasteiger partial charge is 0.107 e. The molecule has 0 bridgehead atoms. The summed E-state index contributed by atoms with van der Waals surface area (Å²) < 4.78 is 5.45. The zero-order valence-corrected chi connectivity index (χ0v) is 9.13. The fourth-order valence-corrected chi connectivity index (χ4v) is 2.40. The van der Waals surface area contributed by atoms with Crippen molar-refractivity contribution in [3.63, 3.8) is 0 Å². The van der Waals surface area contributed by atoms with Gasteiger partial charge >= 0.3 is 0 Å². The summed E-state index contributed by atoms with van der Waals surface area (Å²) in [6.45, 7) is 6.02. The average Bonchev–Trinajstić information content (AvgIpc) is 2.60. The zero-order valence-electron chi connectivity index (χ0n) is 9.13. The molecule has 1 aromatic heterocycles. The van der Waals surface area contributed by atoms with Crippen LogP contribution in [0.15, 0.2) is 10.5 Å². The molecule has 1 heterocycles. The van der Waals surface area contributed by atoms with E-state index in [0.29, 0.717) is 5.92 Å². The number of hydrogen-bond donors (Lipinski definition) is 1. The molecule has 78 valence electrons. The summed E-state index contributed by atoms with van der Waals surface area (Å²) in [5.41, 5.74) is 0.436. The minimum absolute atomic E-state index is 0.447. The van der Waals surface area contributed by atoms with Crippen molar-refractivity contribution in [2.24, 2.45) is 5.92 Å². The van der Waals surface area contributed by atoms with Crippen LogP contribution in [0.3, 0.4) is 0 Å². The molecule has 0 aromatic carbocycles. The number of hydrogen-bond acceptors (Lipinski definition) is 2. The fraction of sp³-hybridized carbons (Fsp3) is 0.667. The van der Waals surface area contributed by atoms with E-state index in [9.17, 15) is 5.11 Å². The van der Waals surface area contributed by atoms with E-state index in [4.69, 9.17) is 4.42 Å². The summed E-state index contributed by atoms with van der Waals surface area (Å²) in [4.78, 5) is 0. The molecule has 14 heavy (non-hydrogen) atoms. The lowest BCUT2D eigenvalue weighted by Crippen LogP contribution is -2.08. The quantitative estimate of drug-likeness (QED) is 0.802. The van der Waals surface area contributed by atoms with Gasteiger partial charge in [0.2, 0.25) is 0 Å². The largest absolute Gasteiger partial charge is 0.466 e.